The molecule has 5 nitrogen and oxygen atoms in total. The van der Waals surface area contributed by atoms with Crippen molar-refractivity contribution in [1.29, 1.82) is 0 Å². The van der Waals surface area contributed by atoms with Crippen molar-refractivity contribution in [2.24, 2.45) is 0 Å². The lowest BCUT2D eigenvalue weighted by molar-refractivity contribution is -0.894. The Morgan fingerprint density at radius 1 is 1.24 bits per heavy atom. The van der Waals surface area contributed by atoms with Gasteiger partial charge in [0.2, 0.25) is 5.78 Å². The second-order valence-electron chi connectivity index (χ2n) is 6.38. The SMILES string of the molecule is CCCC[NH+](C)Cc1c([O-])ccc2c1OC(=Cc1ccncc1)C2=O. The third-order valence-corrected chi connectivity index (χ3v) is 4.34. The molecule has 25 heavy (non-hydrogen) atoms. The van der Waals surface area contributed by atoms with E-state index in [1.54, 1.807) is 36.7 Å². The summed E-state index contributed by atoms with van der Waals surface area (Å²) in [7, 11) is 2.05. The number of fused-ring (bicyclic) bond motifs is 1. The molecule has 130 valence electrons. The van der Waals surface area contributed by atoms with E-state index in [1.807, 2.05) is 0 Å². The zero-order valence-corrected chi connectivity index (χ0v) is 14.5. The van der Waals surface area contributed by atoms with Gasteiger partial charge in [-0.1, -0.05) is 25.2 Å². The molecule has 0 radical (unpaired) electrons. The Morgan fingerprint density at radius 2 is 2.00 bits per heavy atom. The summed E-state index contributed by atoms with van der Waals surface area (Å²) in [5, 5.41) is 12.3. The van der Waals surface area contributed by atoms with E-state index >= 15 is 0 Å². The molecule has 1 aromatic carbocycles. The van der Waals surface area contributed by atoms with Gasteiger partial charge in [-0.3, -0.25) is 9.78 Å². The van der Waals surface area contributed by atoms with Gasteiger partial charge in [-0.2, -0.15) is 0 Å². The predicted molar refractivity (Wildman–Crippen MR) is 93.4 cm³/mol. The molecular formula is C20H22N2O3. The van der Waals surface area contributed by atoms with Crippen molar-refractivity contribution < 1.29 is 19.5 Å². The van der Waals surface area contributed by atoms with Crippen LogP contribution < -0.4 is 14.7 Å². The number of carbonyl (C=O) groups excluding carboxylic acids is 1. The molecule has 1 aliphatic heterocycles. The standard InChI is InChI=1S/C20H22N2O3/c1-3-4-11-22(2)13-16-17(23)6-5-15-19(24)18(25-20(15)16)12-14-7-9-21-10-8-14/h5-10,12,23H,3-4,11,13H2,1-2H3. The number of ketones is 1. The van der Waals surface area contributed by atoms with Crippen LogP contribution in [0, 0.1) is 0 Å². The zero-order valence-electron chi connectivity index (χ0n) is 14.5. The van der Waals surface area contributed by atoms with Gasteiger partial charge < -0.3 is 14.7 Å². The summed E-state index contributed by atoms with van der Waals surface area (Å²) in [6.45, 7) is 3.68. The van der Waals surface area contributed by atoms with E-state index in [4.69, 9.17) is 4.74 Å². The Bertz CT molecular complexity index is 800. The van der Waals surface area contributed by atoms with E-state index in [0.717, 1.165) is 24.9 Å². The Kier molecular flexibility index (Phi) is 5.14. The number of quaternary nitrogens is 1. The van der Waals surface area contributed by atoms with Gasteiger partial charge >= 0.3 is 0 Å². The average molecular weight is 338 g/mol. The van der Waals surface area contributed by atoms with Gasteiger partial charge in [-0.25, -0.2) is 0 Å². The van der Waals surface area contributed by atoms with Crippen LogP contribution in [0.15, 0.2) is 42.4 Å². The molecule has 1 unspecified atom stereocenters. The second-order valence-corrected chi connectivity index (χ2v) is 6.38. The van der Waals surface area contributed by atoms with Crippen LogP contribution in [0.4, 0.5) is 0 Å². The fourth-order valence-corrected chi connectivity index (χ4v) is 2.94. The van der Waals surface area contributed by atoms with Crippen molar-refractivity contribution in [2.45, 2.75) is 26.3 Å². The number of unbranched alkanes of at least 4 members (excludes halogenated alkanes) is 1. The number of benzene rings is 1. The summed E-state index contributed by atoms with van der Waals surface area (Å²) >= 11 is 0. The molecule has 5 heteroatoms. The first-order chi connectivity index (χ1) is 12.1. The largest absolute Gasteiger partial charge is 0.872 e. The van der Waals surface area contributed by atoms with Crippen molar-refractivity contribution in [3.63, 3.8) is 0 Å². The number of hydrogen-bond donors (Lipinski definition) is 1. The van der Waals surface area contributed by atoms with E-state index in [-0.39, 0.29) is 17.3 Å². The summed E-state index contributed by atoms with van der Waals surface area (Å²) in [6.07, 6.45) is 7.22. The number of allylic oxidation sites excluding steroid dienone is 1. The topological polar surface area (TPSA) is 66.7 Å². The van der Waals surface area contributed by atoms with Gasteiger partial charge in [0.1, 0.15) is 12.3 Å². The molecule has 1 atom stereocenters. The summed E-state index contributed by atoms with van der Waals surface area (Å²) in [6, 6.07) is 6.64. The van der Waals surface area contributed by atoms with E-state index in [9.17, 15) is 9.90 Å². The predicted octanol–water partition coefficient (Wildman–Crippen LogP) is 1.59. The molecular weight excluding hydrogens is 316 g/mol. The van der Waals surface area contributed by atoms with Gasteiger partial charge in [-0.05, 0) is 36.3 Å². The maximum absolute atomic E-state index is 12.6. The lowest BCUT2D eigenvalue weighted by Crippen LogP contribution is -3.07. The molecule has 1 aromatic heterocycles. The average Bonchev–Trinajstić information content (AvgIpc) is 2.93. The molecule has 0 amide bonds. The van der Waals surface area contributed by atoms with Crippen LogP contribution in [0.3, 0.4) is 0 Å². The highest BCUT2D eigenvalue weighted by atomic mass is 16.5. The Balaban J connectivity index is 1.89. The molecule has 0 bridgehead atoms. The minimum atomic E-state index is -0.181. The number of nitrogens with one attached hydrogen (secondary N) is 1. The number of aromatic nitrogens is 1. The van der Waals surface area contributed by atoms with Crippen molar-refractivity contribution in [3.05, 3.63) is 59.1 Å². The molecule has 3 rings (SSSR count). The maximum atomic E-state index is 12.6. The molecule has 0 spiro atoms. The number of carbonyl (C=O) groups is 1. The molecule has 1 aliphatic rings. The summed E-state index contributed by atoms with van der Waals surface area (Å²) in [4.78, 5) is 17.8. The van der Waals surface area contributed by atoms with Crippen LogP contribution in [-0.2, 0) is 6.54 Å². The van der Waals surface area contributed by atoms with E-state index in [2.05, 4.69) is 19.0 Å². The number of nitrogens with zero attached hydrogens (tertiary/aromatic N) is 1. The normalized spacial score (nSPS) is 15.9. The summed E-state index contributed by atoms with van der Waals surface area (Å²) in [5.74, 6) is 0.416. The highest BCUT2D eigenvalue weighted by Crippen LogP contribution is 2.38. The lowest BCUT2D eigenvalue weighted by Gasteiger charge is -2.20. The highest BCUT2D eigenvalue weighted by Gasteiger charge is 2.30. The first kappa shape index (κ1) is 17.2. The first-order valence-electron chi connectivity index (χ1n) is 8.58. The number of Topliss-reactive ketones (excluding diaryl/α,β-unsaturated/α-hetero) is 1. The van der Waals surface area contributed by atoms with Crippen molar-refractivity contribution in [2.75, 3.05) is 13.6 Å². The zero-order chi connectivity index (χ0) is 17.8. The maximum Gasteiger partial charge on any atom is 0.231 e. The van der Waals surface area contributed by atoms with Crippen LogP contribution in [0.25, 0.3) is 6.08 Å². The number of pyridine rings is 1. The molecule has 2 aromatic rings. The molecule has 0 aliphatic carbocycles. The lowest BCUT2D eigenvalue weighted by atomic mass is 10.0. The smallest absolute Gasteiger partial charge is 0.231 e. The fourth-order valence-electron chi connectivity index (χ4n) is 2.94. The minimum Gasteiger partial charge on any atom is -0.872 e. The van der Waals surface area contributed by atoms with Crippen LogP contribution in [0.2, 0.25) is 0 Å². The third kappa shape index (κ3) is 3.72. The molecule has 1 N–H and O–H groups in total. The van der Waals surface area contributed by atoms with Gasteiger partial charge in [0.25, 0.3) is 0 Å². The summed E-state index contributed by atoms with van der Waals surface area (Å²) < 4.78 is 5.82. The van der Waals surface area contributed by atoms with Crippen molar-refractivity contribution in [3.8, 4) is 11.5 Å². The highest BCUT2D eigenvalue weighted by molar-refractivity contribution is 6.14. The van der Waals surface area contributed by atoms with Gasteiger partial charge in [0.15, 0.2) is 5.76 Å². The first-order valence-corrected chi connectivity index (χ1v) is 8.58. The van der Waals surface area contributed by atoms with E-state index in [1.165, 1.54) is 11.0 Å². The number of rotatable bonds is 6. The molecule has 0 fully saturated rings. The quantitative estimate of drug-likeness (QED) is 0.812. The molecule has 2 heterocycles. The monoisotopic (exact) mass is 338 g/mol. The van der Waals surface area contributed by atoms with Gasteiger partial charge in [0.05, 0.1) is 19.2 Å². The molecule has 0 saturated heterocycles. The van der Waals surface area contributed by atoms with Crippen LogP contribution >= 0.6 is 0 Å². The second kappa shape index (κ2) is 7.49. The Hall–Kier alpha value is -2.66. The molecule has 0 saturated carbocycles. The van der Waals surface area contributed by atoms with Crippen molar-refractivity contribution >= 4 is 11.9 Å². The van der Waals surface area contributed by atoms with Crippen LogP contribution in [0.1, 0.15) is 41.3 Å². The summed E-state index contributed by atoms with van der Waals surface area (Å²) in [5.41, 5.74) is 1.89. The van der Waals surface area contributed by atoms with Crippen molar-refractivity contribution in [1.82, 2.24) is 4.98 Å². The van der Waals surface area contributed by atoms with Gasteiger partial charge in [-0.15, -0.1) is 0 Å². The van der Waals surface area contributed by atoms with Crippen LogP contribution in [-0.4, -0.2) is 24.4 Å². The minimum absolute atomic E-state index is 0.0763. The van der Waals surface area contributed by atoms with E-state index < -0.39 is 0 Å². The van der Waals surface area contributed by atoms with Gasteiger partial charge in [0, 0.05) is 18.0 Å². The van der Waals surface area contributed by atoms with Crippen LogP contribution in [0.5, 0.6) is 11.5 Å². The number of ether oxygens (including phenoxy) is 1. The Labute approximate surface area is 147 Å². The number of hydrogen-bond acceptors (Lipinski definition) is 4. The van der Waals surface area contributed by atoms with E-state index in [0.29, 0.717) is 23.4 Å². The Morgan fingerprint density at radius 3 is 2.72 bits per heavy atom. The third-order valence-electron chi connectivity index (χ3n) is 4.34. The fraction of sp³-hybridized carbons (Fsp3) is 0.300.